The molecule has 2 atom stereocenters. The summed E-state index contributed by atoms with van der Waals surface area (Å²) in [5.41, 5.74) is 0.541. The van der Waals surface area contributed by atoms with Crippen molar-refractivity contribution in [3.63, 3.8) is 0 Å². The first-order valence-electron chi connectivity index (χ1n) is 8.48. The second-order valence-corrected chi connectivity index (χ2v) is 8.08. The molecule has 2 aliphatic heterocycles. The van der Waals surface area contributed by atoms with E-state index in [-0.39, 0.29) is 5.54 Å². The Bertz CT molecular complexity index is 292. The molecule has 0 aromatic carbocycles. The van der Waals surface area contributed by atoms with Crippen molar-refractivity contribution in [2.75, 3.05) is 39.4 Å². The fourth-order valence-electron chi connectivity index (χ4n) is 3.60. The number of likely N-dealkylation sites (tertiary alicyclic amines) is 1. The molecule has 2 unspecified atom stereocenters. The number of ether oxygens (including phenoxy) is 1. The van der Waals surface area contributed by atoms with E-state index >= 15 is 0 Å². The third-order valence-electron chi connectivity index (χ3n) is 4.80. The van der Waals surface area contributed by atoms with E-state index in [1.165, 1.54) is 45.3 Å². The van der Waals surface area contributed by atoms with Gasteiger partial charge in [0.25, 0.3) is 0 Å². The Morgan fingerprint density at radius 2 is 2.15 bits per heavy atom. The second kappa shape index (κ2) is 6.76. The van der Waals surface area contributed by atoms with Crippen molar-refractivity contribution >= 4 is 0 Å². The van der Waals surface area contributed by atoms with Crippen LogP contribution < -0.4 is 5.32 Å². The summed E-state index contributed by atoms with van der Waals surface area (Å²) in [5.74, 6) is 0.940. The molecule has 0 aromatic rings. The lowest BCUT2D eigenvalue weighted by Crippen LogP contribution is -2.49. The van der Waals surface area contributed by atoms with Gasteiger partial charge >= 0.3 is 0 Å². The van der Waals surface area contributed by atoms with Gasteiger partial charge in [0.1, 0.15) is 0 Å². The van der Waals surface area contributed by atoms with Crippen LogP contribution in [-0.2, 0) is 4.74 Å². The van der Waals surface area contributed by atoms with E-state index in [2.05, 4.69) is 37.9 Å². The molecule has 0 aliphatic carbocycles. The van der Waals surface area contributed by atoms with Crippen LogP contribution in [0.3, 0.4) is 0 Å². The van der Waals surface area contributed by atoms with E-state index in [0.717, 1.165) is 25.7 Å². The van der Waals surface area contributed by atoms with Crippen molar-refractivity contribution < 1.29 is 4.74 Å². The maximum Gasteiger partial charge on any atom is 0.0547 e. The molecule has 0 saturated carbocycles. The first-order chi connectivity index (χ1) is 9.42. The normalized spacial score (nSPS) is 32.1. The van der Waals surface area contributed by atoms with E-state index < -0.39 is 0 Å². The molecule has 0 amide bonds. The third kappa shape index (κ3) is 4.71. The molecule has 2 heterocycles. The van der Waals surface area contributed by atoms with E-state index in [0.29, 0.717) is 5.41 Å². The van der Waals surface area contributed by atoms with Crippen LogP contribution in [0.15, 0.2) is 0 Å². The molecule has 3 heteroatoms. The molecule has 2 aliphatic rings. The quantitative estimate of drug-likeness (QED) is 0.811. The number of hydrogen-bond donors (Lipinski definition) is 1. The van der Waals surface area contributed by atoms with Gasteiger partial charge in [0.05, 0.1) is 6.61 Å². The van der Waals surface area contributed by atoms with E-state index in [4.69, 9.17) is 4.74 Å². The summed E-state index contributed by atoms with van der Waals surface area (Å²) in [7, 11) is 0. The zero-order valence-corrected chi connectivity index (χ0v) is 14.0. The molecule has 118 valence electrons. The monoisotopic (exact) mass is 282 g/mol. The average Bonchev–Trinajstić information content (AvgIpc) is 2.98. The number of rotatable bonds is 6. The molecule has 0 bridgehead atoms. The first-order valence-corrected chi connectivity index (χ1v) is 8.48. The largest absolute Gasteiger partial charge is 0.381 e. The highest BCUT2D eigenvalue weighted by Gasteiger charge is 2.38. The summed E-state index contributed by atoms with van der Waals surface area (Å²) < 4.78 is 5.74. The Hall–Kier alpha value is -0.120. The van der Waals surface area contributed by atoms with E-state index in [9.17, 15) is 0 Å². The minimum atomic E-state index is 0.200. The molecular weight excluding hydrogens is 248 g/mol. The number of nitrogens with zero attached hydrogens (tertiary/aromatic N) is 1. The maximum atomic E-state index is 5.74. The molecule has 20 heavy (non-hydrogen) atoms. The van der Waals surface area contributed by atoms with Crippen LogP contribution in [0.4, 0.5) is 0 Å². The minimum Gasteiger partial charge on any atom is -0.381 e. The Morgan fingerprint density at radius 1 is 1.35 bits per heavy atom. The lowest BCUT2D eigenvalue weighted by Gasteiger charge is -2.35. The molecule has 0 aromatic heterocycles. The summed E-state index contributed by atoms with van der Waals surface area (Å²) >= 11 is 0. The van der Waals surface area contributed by atoms with Gasteiger partial charge in [-0.25, -0.2) is 0 Å². The smallest absolute Gasteiger partial charge is 0.0547 e. The summed E-state index contributed by atoms with van der Waals surface area (Å²) in [4.78, 5) is 2.69. The molecule has 0 radical (unpaired) electrons. The topological polar surface area (TPSA) is 24.5 Å². The van der Waals surface area contributed by atoms with Crippen molar-refractivity contribution in [2.24, 2.45) is 11.3 Å². The minimum absolute atomic E-state index is 0.200. The van der Waals surface area contributed by atoms with Crippen LogP contribution in [0.2, 0.25) is 0 Å². The van der Waals surface area contributed by atoms with Gasteiger partial charge in [-0.15, -0.1) is 0 Å². The van der Waals surface area contributed by atoms with Crippen LogP contribution >= 0.6 is 0 Å². The average molecular weight is 282 g/mol. The van der Waals surface area contributed by atoms with Gasteiger partial charge in [-0.2, -0.15) is 0 Å². The Morgan fingerprint density at radius 3 is 2.75 bits per heavy atom. The lowest BCUT2D eigenvalue weighted by atomic mass is 9.85. The van der Waals surface area contributed by atoms with Crippen LogP contribution in [0.5, 0.6) is 0 Å². The predicted molar refractivity (Wildman–Crippen MR) is 85.1 cm³/mol. The summed E-state index contributed by atoms with van der Waals surface area (Å²) in [5, 5.41) is 3.71. The highest BCUT2D eigenvalue weighted by atomic mass is 16.5. The molecule has 1 N–H and O–H groups in total. The van der Waals surface area contributed by atoms with Crippen molar-refractivity contribution in [2.45, 2.75) is 58.9 Å². The van der Waals surface area contributed by atoms with Crippen LogP contribution in [0, 0.1) is 11.3 Å². The number of hydrogen-bond acceptors (Lipinski definition) is 3. The fraction of sp³-hybridized carbons (Fsp3) is 1.00. The van der Waals surface area contributed by atoms with Gasteiger partial charge in [0.2, 0.25) is 0 Å². The zero-order valence-electron chi connectivity index (χ0n) is 14.0. The van der Waals surface area contributed by atoms with Gasteiger partial charge < -0.3 is 15.0 Å². The lowest BCUT2D eigenvalue weighted by molar-refractivity contribution is 0.111. The van der Waals surface area contributed by atoms with E-state index in [1.807, 2.05) is 0 Å². The van der Waals surface area contributed by atoms with Crippen LogP contribution in [0.25, 0.3) is 0 Å². The highest BCUT2D eigenvalue weighted by molar-refractivity contribution is 4.92. The molecular formula is C17H34N2O. The molecule has 0 spiro atoms. The standard InChI is InChI=1S/C17H34N2O/c1-5-6-15-7-9-19(11-15)13-17(8-10-20-14-17)12-18-16(2,3)4/h15,18H,5-14H2,1-4H3. The fourth-order valence-corrected chi connectivity index (χ4v) is 3.60. The summed E-state index contributed by atoms with van der Waals surface area (Å²) in [6.07, 6.45) is 5.35. The number of nitrogens with one attached hydrogen (secondary N) is 1. The predicted octanol–water partition coefficient (Wildman–Crippen LogP) is 2.90. The van der Waals surface area contributed by atoms with Gasteiger partial charge in [-0.3, -0.25) is 0 Å². The van der Waals surface area contributed by atoms with Gasteiger partial charge in [0, 0.05) is 37.2 Å². The van der Waals surface area contributed by atoms with Crippen molar-refractivity contribution in [1.82, 2.24) is 10.2 Å². The van der Waals surface area contributed by atoms with Crippen LogP contribution in [0.1, 0.15) is 53.4 Å². The molecule has 2 rings (SSSR count). The van der Waals surface area contributed by atoms with Crippen molar-refractivity contribution in [3.8, 4) is 0 Å². The maximum absolute atomic E-state index is 5.74. The Labute approximate surface area is 125 Å². The van der Waals surface area contributed by atoms with Crippen molar-refractivity contribution in [3.05, 3.63) is 0 Å². The van der Waals surface area contributed by atoms with Crippen LogP contribution in [-0.4, -0.2) is 49.8 Å². The van der Waals surface area contributed by atoms with Gasteiger partial charge in [0.15, 0.2) is 0 Å². The zero-order chi connectivity index (χ0) is 14.6. The molecule has 2 saturated heterocycles. The van der Waals surface area contributed by atoms with Gasteiger partial charge in [-0.1, -0.05) is 13.3 Å². The molecule has 3 nitrogen and oxygen atoms in total. The second-order valence-electron chi connectivity index (χ2n) is 8.08. The van der Waals surface area contributed by atoms with Gasteiger partial charge in [-0.05, 0) is 52.5 Å². The third-order valence-corrected chi connectivity index (χ3v) is 4.80. The summed E-state index contributed by atoms with van der Waals surface area (Å²) in [6, 6.07) is 0. The van der Waals surface area contributed by atoms with E-state index in [1.54, 1.807) is 0 Å². The Balaban J connectivity index is 1.86. The first kappa shape index (κ1) is 16.3. The van der Waals surface area contributed by atoms with Crippen molar-refractivity contribution in [1.29, 1.82) is 0 Å². The highest BCUT2D eigenvalue weighted by Crippen LogP contribution is 2.32. The Kier molecular flexibility index (Phi) is 5.49. The molecule has 2 fully saturated rings. The SMILES string of the molecule is CCCC1CCN(CC2(CNC(C)(C)C)CCOC2)C1. The summed E-state index contributed by atoms with van der Waals surface area (Å²) in [6.45, 7) is 15.9.